The minimum Gasteiger partial charge on any atom is -0.461 e. The van der Waals surface area contributed by atoms with Crippen molar-refractivity contribution in [3.05, 3.63) is 0 Å². The van der Waals surface area contributed by atoms with E-state index in [1.54, 1.807) is 13.8 Å². The van der Waals surface area contributed by atoms with E-state index in [0.29, 0.717) is 6.42 Å². The summed E-state index contributed by atoms with van der Waals surface area (Å²) in [7, 11) is 0. The van der Waals surface area contributed by atoms with Crippen molar-refractivity contribution in [2.24, 2.45) is 11.8 Å². The van der Waals surface area contributed by atoms with Crippen LogP contribution in [-0.2, 0) is 23.9 Å². The molecule has 0 rings (SSSR count). The standard InChI is InChI=1S/C22H41NO5/c1-7-11-13-18(9-3)21(25)27-16(5)15-23-20(24)17(6)28-22(26)19(10-4)14-12-8-2/h16-19H,7-15H2,1-6H3,(H,23,24)/t16-,17-,18-,19+/m0/s1. The van der Waals surface area contributed by atoms with Gasteiger partial charge < -0.3 is 14.8 Å². The van der Waals surface area contributed by atoms with E-state index < -0.39 is 12.2 Å². The van der Waals surface area contributed by atoms with Crippen molar-refractivity contribution in [2.45, 2.75) is 105 Å². The number of esters is 2. The first kappa shape index (κ1) is 26.4. The van der Waals surface area contributed by atoms with Crippen LogP contribution >= 0.6 is 0 Å². The highest BCUT2D eigenvalue weighted by atomic mass is 16.6. The predicted octanol–water partition coefficient (Wildman–Crippen LogP) is 4.40. The van der Waals surface area contributed by atoms with Crippen LogP contribution in [0.1, 0.15) is 92.9 Å². The van der Waals surface area contributed by atoms with Gasteiger partial charge in [-0.05, 0) is 39.5 Å². The third-order valence-electron chi connectivity index (χ3n) is 5.01. The number of nitrogens with one attached hydrogen (secondary N) is 1. The van der Waals surface area contributed by atoms with Gasteiger partial charge in [-0.15, -0.1) is 0 Å². The molecule has 0 aliphatic carbocycles. The number of hydrogen-bond acceptors (Lipinski definition) is 5. The van der Waals surface area contributed by atoms with Crippen molar-refractivity contribution in [2.75, 3.05) is 6.54 Å². The summed E-state index contributed by atoms with van der Waals surface area (Å²) >= 11 is 0. The fraction of sp³-hybridized carbons (Fsp3) is 0.864. The molecule has 6 heteroatoms. The van der Waals surface area contributed by atoms with Crippen molar-refractivity contribution in [3.63, 3.8) is 0 Å². The van der Waals surface area contributed by atoms with Gasteiger partial charge in [-0.1, -0.05) is 53.4 Å². The van der Waals surface area contributed by atoms with E-state index >= 15 is 0 Å². The quantitative estimate of drug-likeness (QED) is 0.413. The third-order valence-corrected chi connectivity index (χ3v) is 5.01. The topological polar surface area (TPSA) is 81.7 Å². The summed E-state index contributed by atoms with van der Waals surface area (Å²) in [6.07, 6.45) is 5.81. The smallest absolute Gasteiger partial charge is 0.309 e. The van der Waals surface area contributed by atoms with Crippen LogP contribution in [0.4, 0.5) is 0 Å². The van der Waals surface area contributed by atoms with Gasteiger partial charge >= 0.3 is 11.9 Å². The van der Waals surface area contributed by atoms with Gasteiger partial charge in [0.2, 0.25) is 0 Å². The zero-order valence-corrected chi connectivity index (χ0v) is 18.7. The first-order valence-corrected chi connectivity index (χ1v) is 11.0. The summed E-state index contributed by atoms with van der Waals surface area (Å²) in [6.45, 7) is 11.6. The van der Waals surface area contributed by atoms with Crippen molar-refractivity contribution in [1.82, 2.24) is 5.32 Å². The molecule has 0 aliphatic heterocycles. The Hall–Kier alpha value is -1.59. The van der Waals surface area contributed by atoms with E-state index in [0.717, 1.165) is 44.9 Å². The molecule has 0 aromatic rings. The zero-order valence-electron chi connectivity index (χ0n) is 18.7. The van der Waals surface area contributed by atoms with E-state index in [4.69, 9.17) is 9.47 Å². The van der Waals surface area contributed by atoms with Crippen LogP contribution in [0.2, 0.25) is 0 Å². The molecule has 0 saturated heterocycles. The van der Waals surface area contributed by atoms with Crippen LogP contribution < -0.4 is 5.32 Å². The van der Waals surface area contributed by atoms with Crippen LogP contribution in [0.3, 0.4) is 0 Å². The maximum absolute atomic E-state index is 12.2. The van der Waals surface area contributed by atoms with E-state index in [1.807, 2.05) is 13.8 Å². The van der Waals surface area contributed by atoms with Gasteiger partial charge in [0.25, 0.3) is 5.91 Å². The molecule has 0 aromatic carbocycles. The largest absolute Gasteiger partial charge is 0.461 e. The molecule has 0 spiro atoms. The second kappa shape index (κ2) is 15.3. The molecule has 1 N–H and O–H groups in total. The van der Waals surface area contributed by atoms with Gasteiger partial charge in [-0.3, -0.25) is 14.4 Å². The Morgan fingerprint density at radius 1 is 0.786 bits per heavy atom. The van der Waals surface area contributed by atoms with Crippen LogP contribution in [0.25, 0.3) is 0 Å². The molecule has 0 bridgehead atoms. The maximum atomic E-state index is 12.2. The Morgan fingerprint density at radius 3 is 1.68 bits per heavy atom. The van der Waals surface area contributed by atoms with Crippen molar-refractivity contribution in [1.29, 1.82) is 0 Å². The number of hydrogen-bond donors (Lipinski definition) is 1. The first-order valence-electron chi connectivity index (χ1n) is 11.0. The highest BCUT2D eigenvalue weighted by Gasteiger charge is 2.24. The fourth-order valence-electron chi connectivity index (χ4n) is 2.93. The molecule has 1 amide bonds. The van der Waals surface area contributed by atoms with E-state index in [2.05, 4.69) is 19.2 Å². The lowest BCUT2D eigenvalue weighted by molar-refractivity contribution is -0.159. The molecule has 0 unspecified atom stereocenters. The van der Waals surface area contributed by atoms with Gasteiger partial charge in [0, 0.05) is 0 Å². The molecule has 0 fully saturated rings. The predicted molar refractivity (Wildman–Crippen MR) is 111 cm³/mol. The Morgan fingerprint density at radius 2 is 1.25 bits per heavy atom. The number of unbranched alkanes of at least 4 members (excludes halogenated alkanes) is 2. The van der Waals surface area contributed by atoms with Crippen molar-refractivity contribution >= 4 is 17.8 Å². The number of amides is 1. The molecular formula is C22H41NO5. The lowest BCUT2D eigenvalue weighted by Crippen LogP contribution is -2.41. The Balaban J connectivity index is 4.36. The fourth-order valence-corrected chi connectivity index (χ4v) is 2.93. The summed E-state index contributed by atoms with van der Waals surface area (Å²) in [5.41, 5.74) is 0. The molecule has 28 heavy (non-hydrogen) atoms. The van der Waals surface area contributed by atoms with Gasteiger partial charge in [0.15, 0.2) is 6.10 Å². The molecule has 4 atom stereocenters. The van der Waals surface area contributed by atoms with Crippen LogP contribution in [-0.4, -0.2) is 36.6 Å². The lowest BCUT2D eigenvalue weighted by atomic mass is 10.00. The van der Waals surface area contributed by atoms with Gasteiger partial charge in [-0.25, -0.2) is 0 Å². The Labute approximate surface area is 171 Å². The number of ether oxygens (including phenoxy) is 2. The molecule has 0 aliphatic rings. The first-order chi connectivity index (χ1) is 13.3. The molecule has 0 aromatic heterocycles. The third kappa shape index (κ3) is 10.7. The Kier molecular flexibility index (Phi) is 14.5. The summed E-state index contributed by atoms with van der Waals surface area (Å²) in [5, 5.41) is 2.70. The maximum Gasteiger partial charge on any atom is 0.309 e. The van der Waals surface area contributed by atoms with Gasteiger partial charge in [-0.2, -0.15) is 0 Å². The monoisotopic (exact) mass is 399 g/mol. The van der Waals surface area contributed by atoms with E-state index in [-0.39, 0.29) is 36.2 Å². The van der Waals surface area contributed by atoms with Crippen LogP contribution in [0, 0.1) is 11.8 Å². The van der Waals surface area contributed by atoms with Crippen molar-refractivity contribution < 1.29 is 23.9 Å². The number of rotatable bonds is 15. The average molecular weight is 400 g/mol. The van der Waals surface area contributed by atoms with E-state index in [1.165, 1.54) is 0 Å². The molecule has 0 heterocycles. The Bertz CT molecular complexity index is 466. The number of carbonyl (C=O) groups excluding carboxylic acids is 3. The lowest BCUT2D eigenvalue weighted by Gasteiger charge is -2.21. The summed E-state index contributed by atoms with van der Waals surface area (Å²) in [4.78, 5) is 36.6. The minimum absolute atomic E-state index is 0.0907. The average Bonchev–Trinajstić information content (AvgIpc) is 2.67. The molecular weight excluding hydrogens is 358 g/mol. The second-order valence-corrected chi connectivity index (χ2v) is 7.57. The zero-order chi connectivity index (χ0) is 21.5. The minimum atomic E-state index is -0.862. The second-order valence-electron chi connectivity index (χ2n) is 7.57. The molecule has 164 valence electrons. The summed E-state index contributed by atoms with van der Waals surface area (Å²) in [6, 6.07) is 0. The molecule has 0 radical (unpaired) electrons. The van der Waals surface area contributed by atoms with Crippen LogP contribution in [0.15, 0.2) is 0 Å². The van der Waals surface area contributed by atoms with Crippen molar-refractivity contribution in [3.8, 4) is 0 Å². The summed E-state index contributed by atoms with van der Waals surface area (Å²) in [5.74, 6) is -1.16. The normalized spacial score (nSPS) is 15.2. The van der Waals surface area contributed by atoms with Gasteiger partial charge in [0.05, 0.1) is 18.4 Å². The van der Waals surface area contributed by atoms with Crippen LogP contribution in [0.5, 0.6) is 0 Å². The SMILES string of the molecule is CCCC[C@@H](CC)C(=O)O[C@@H](C)C(=O)NC[C@H](C)OC(=O)[C@@H](CC)CCCC. The van der Waals surface area contributed by atoms with E-state index in [9.17, 15) is 14.4 Å². The highest BCUT2D eigenvalue weighted by molar-refractivity contribution is 5.84. The number of carbonyl (C=O) groups is 3. The molecule has 0 saturated carbocycles. The molecule has 6 nitrogen and oxygen atoms in total. The highest BCUT2D eigenvalue weighted by Crippen LogP contribution is 2.16. The summed E-state index contributed by atoms with van der Waals surface area (Å²) < 4.78 is 10.8. The van der Waals surface area contributed by atoms with Gasteiger partial charge in [0.1, 0.15) is 6.10 Å².